The maximum atomic E-state index is 5.86. The van der Waals surface area contributed by atoms with Crippen LogP contribution in [0.5, 0.6) is 0 Å². The predicted molar refractivity (Wildman–Crippen MR) is 79.4 cm³/mol. The van der Waals surface area contributed by atoms with Gasteiger partial charge in [-0.25, -0.2) is 0 Å². The van der Waals surface area contributed by atoms with Gasteiger partial charge in [-0.2, -0.15) is 0 Å². The molecule has 2 unspecified atom stereocenters. The predicted octanol–water partition coefficient (Wildman–Crippen LogP) is 2.50. The Morgan fingerprint density at radius 1 is 1.35 bits per heavy atom. The van der Waals surface area contributed by atoms with Gasteiger partial charge in [0.25, 0.3) is 0 Å². The third kappa shape index (κ3) is 2.35. The molecule has 1 fully saturated rings. The second-order valence-electron chi connectivity index (χ2n) is 5.55. The van der Waals surface area contributed by atoms with E-state index in [1.807, 2.05) is 18.2 Å². The first-order chi connectivity index (χ1) is 9.70. The molecule has 0 spiro atoms. The molecule has 0 bridgehead atoms. The Balaban J connectivity index is 1.89. The molecule has 2 N–H and O–H groups in total. The monoisotopic (exact) mass is 274 g/mol. The molecule has 1 aromatic heterocycles. The number of ether oxygens (including phenoxy) is 1. The third-order valence-electron chi connectivity index (χ3n) is 4.28. The van der Waals surface area contributed by atoms with Crippen molar-refractivity contribution in [2.24, 2.45) is 5.73 Å². The van der Waals surface area contributed by atoms with E-state index in [0.717, 1.165) is 30.9 Å². The normalized spacial score (nSPS) is 23.0. The van der Waals surface area contributed by atoms with Gasteiger partial charge < -0.3 is 14.9 Å². The maximum absolute atomic E-state index is 5.86. The number of para-hydroxylation sites is 1. The molecular weight excluding hydrogens is 252 g/mol. The number of hydrogen-bond acceptors (Lipinski definition) is 4. The van der Waals surface area contributed by atoms with Gasteiger partial charge in [-0.3, -0.25) is 4.90 Å². The van der Waals surface area contributed by atoms with Crippen LogP contribution in [0.2, 0.25) is 0 Å². The third-order valence-corrected chi connectivity index (χ3v) is 4.28. The van der Waals surface area contributed by atoms with Gasteiger partial charge in [-0.05, 0) is 26.5 Å². The number of nitrogens with zero attached hydrogens (tertiary/aromatic N) is 1. The topological polar surface area (TPSA) is 51.6 Å². The summed E-state index contributed by atoms with van der Waals surface area (Å²) >= 11 is 0. The number of rotatable bonds is 4. The maximum Gasteiger partial charge on any atom is 0.134 e. The molecule has 1 saturated heterocycles. The largest absolute Gasteiger partial charge is 0.459 e. The highest BCUT2D eigenvalue weighted by atomic mass is 16.5. The van der Waals surface area contributed by atoms with E-state index >= 15 is 0 Å². The lowest BCUT2D eigenvalue weighted by molar-refractivity contribution is 0.0813. The van der Waals surface area contributed by atoms with Gasteiger partial charge >= 0.3 is 0 Å². The smallest absolute Gasteiger partial charge is 0.134 e. The van der Waals surface area contributed by atoms with Crippen LogP contribution in [0.3, 0.4) is 0 Å². The summed E-state index contributed by atoms with van der Waals surface area (Å²) in [6.45, 7) is 4.29. The molecule has 4 heteroatoms. The lowest BCUT2D eigenvalue weighted by Crippen LogP contribution is -2.36. The first kappa shape index (κ1) is 13.6. The quantitative estimate of drug-likeness (QED) is 0.930. The van der Waals surface area contributed by atoms with Crippen molar-refractivity contribution in [3.63, 3.8) is 0 Å². The molecule has 1 aliphatic rings. The zero-order chi connectivity index (χ0) is 14.1. The number of furan rings is 1. The molecule has 2 atom stereocenters. The van der Waals surface area contributed by atoms with Crippen molar-refractivity contribution < 1.29 is 9.15 Å². The zero-order valence-corrected chi connectivity index (χ0v) is 12.1. The van der Waals surface area contributed by atoms with Crippen molar-refractivity contribution >= 4 is 11.0 Å². The van der Waals surface area contributed by atoms with E-state index in [-0.39, 0.29) is 0 Å². The first-order valence-electron chi connectivity index (χ1n) is 7.22. The highest BCUT2D eigenvalue weighted by Gasteiger charge is 2.28. The summed E-state index contributed by atoms with van der Waals surface area (Å²) < 4.78 is 11.5. The summed E-state index contributed by atoms with van der Waals surface area (Å²) in [5, 5.41) is 1.17. The van der Waals surface area contributed by atoms with E-state index in [0.29, 0.717) is 18.7 Å². The second-order valence-corrected chi connectivity index (χ2v) is 5.55. The van der Waals surface area contributed by atoms with Crippen LogP contribution in [0.15, 0.2) is 28.7 Å². The fraction of sp³-hybridized carbons (Fsp3) is 0.500. The fourth-order valence-corrected chi connectivity index (χ4v) is 3.15. The van der Waals surface area contributed by atoms with E-state index in [9.17, 15) is 0 Å². The van der Waals surface area contributed by atoms with Gasteiger partial charge in [0.2, 0.25) is 0 Å². The van der Waals surface area contributed by atoms with Gasteiger partial charge in [0.15, 0.2) is 0 Å². The van der Waals surface area contributed by atoms with Crippen LogP contribution in [-0.4, -0.2) is 30.7 Å². The van der Waals surface area contributed by atoms with Crippen molar-refractivity contribution in [2.75, 3.05) is 13.7 Å². The number of benzene rings is 1. The van der Waals surface area contributed by atoms with Crippen LogP contribution in [0, 0.1) is 0 Å². The van der Waals surface area contributed by atoms with Crippen molar-refractivity contribution in [3.05, 3.63) is 35.6 Å². The van der Waals surface area contributed by atoms with Gasteiger partial charge in [0.05, 0.1) is 12.6 Å². The lowest BCUT2D eigenvalue weighted by atomic mass is 10.1. The highest BCUT2D eigenvalue weighted by molar-refractivity contribution is 5.82. The van der Waals surface area contributed by atoms with Crippen LogP contribution >= 0.6 is 0 Å². The number of hydrogen-bond donors (Lipinski definition) is 1. The molecule has 20 heavy (non-hydrogen) atoms. The van der Waals surface area contributed by atoms with Crippen molar-refractivity contribution in [1.82, 2.24) is 4.90 Å². The SMILES string of the molecule is CC1OCCC1N(C)Cc1c(CN)oc2ccccc12. The van der Waals surface area contributed by atoms with E-state index in [4.69, 9.17) is 14.9 Å². The van der Waals surface area contributed by atoms with E-state index in [1.54, 1.807) is 0 Å². The van der Waals surface area contributed by atoms with Crippen LogP contribution in [0.1, 0.15) is 24.7 Å². The Kier molecular flexibility index (Phi) is 3.78. The molecule has 0 saturated carbocycles. The van der Waals surface area contributed by atoms with Crippen LogP contribution in [-0.2, 0) is 17.8 Å². The summed E-state index contributed by atoms with van der Waals surface area (Å²) in [6.07, 6.45) is 1.38. The number of nitrogens with two attached hydrogens (primary N) is 1. The minimum atomic E-state index is 0.291. The molecule has 108 valence electrons. The number of fused-ring (bicyclic) bond motifs is 1. The minimum Gasteiger partial charge on any atom is -0.459 e. The Labute approximate surface area is 119 Å². The van der Waals surface area contributed by atoms with Crippen molar-refractivity contribution in [1.29, 1.82) is 0 Å². The lowest BCUT2D eigenvalue weighted by Gasteiger charge is -2.26. The van der Waals surface area contributed by atoms with E-state index in [1.165, 1.54) is 10.9 Å². The average Bonchev–Trinajstić information content (AvgIpc) is 3.03. The summed E-state index contributed by atoms with van der Waals surface area (Å²) in [4.78, 5) is 2.36. The van der Waals surface area contributed by atoms with Gasteiger partial charge in [-0.1, -0.05) is 18.2 Å². The fourth-order valence-electron chi connectivity index (χ4n) is 3.15. The van der Waals surface area contributed by atoms with Crippen molar-refractivity contribution in [3.8, 4) is 0 Å². The Bertz CT molecular complexity index is 593. The molecule has 0 radical (unpaired) electrons. The molecule has 1 aliphatic heterocycles. The first-order valence-corrected chi connectivity index (χ1v) is 7.22. The Hall–Kier alpha value is -1.36. The molecular formula is C16H22N2O2. The van der Waals surface area contributed by atoms with Crippen LogP contribution < -0.4 is 5.73 Å². The summed E-state index contributed by atoms with van der Waals surface area (Å²) in [5.41, 5.74) is 7.97. The van der Waals surface area contributed by atoms with Gasteiger partial charge in [-0.15, -0.1) is 0 Å². The molecule has 4 nitrogen and oxygen atoms in total. The van der Waals surface area contributed by atoms with Gasteiger partial charge in [0.1, 0.15) is 11.3 Å². The molecule has 0 amide bonds. The van der Waals surface area contributed by atoms with Crippen LogP contribution in [0.4, 0.5) is 0 Å². The highest BCUT2D eigenvalue weighted by Crippen LogP contribution is 2.28. The summed E-state index contributed by atoms with van der Waals surface area (Å²) in [6, 6.07) is 8.61. The summed E-state index contributed by atoms with van der Waals surface area (Å²) in [5.74, 6) is 0.893. The van der Waals surface area contributed by atoms with E-state index in [2.05, 4.69) is 24.9 Å². The van der Waals surface area contributed by atoms with Gasteiger partial charge in [0, 0.05) is 30.1 Å². The molecule has 2 aromatic rings. The van der Waals surface area contributed by atoms with E-state index < -0.39 is 0 Å². The zero-order valence-electron chi connectivity index (χ0n) is 12.1. The Morgan fingerprint density at radius 2 is 2.15 bits per heavy atom. The molecule has 0 aliphatic carbocycles. The second kappa shape index (κ2) is 5.56. The van der Waals surface area contributed by atoms with Crippen LogP contribution in [0.25, 0.3) is 11.0 Å². The minimum absolute atomic E-state index is 0.291. The molecule has 1 aromatic carbocycles. The number of likely N-dealkylation sites (N-methyl/N-ethyl adjacent to an activating group) is 1. The molecule has 3 rings (SSSR count). The van der Waals surface area contributed by atoms with Crippen molar-refractivity contribution in [2.45, 2.75) is 38.6 Å². The standard InChI is InChI=1S/C16H22N2O2/c1-11-14(7-8-19-11)18(2)10-13-12-5-3-4-6-15(12)20-16(13)9-17/h3-6,11,14H,7-10,17H2,1-2H3. The average molecular weight is 274 g/mol. The Morgan fingerprint density at radius 3 is 2.85 bits per heavy atom. The summed E-state index contributed by atoms with van der Waals surface area (Å²) in [7, 11) is 2.15. The molecule has 2 heterocycles.